The molecule has 20 heavy (non-hydrogen) atoms. The largest absolute Gasteiger partial charge is 0.0990 e. The smallest absolute Gasteiger partial charge is 0.00670 e. The highest BCUT2D eigenvalue weighted by Gasteiger charge is 2.08. The van der Waals surface area contributed by atoms with Gasteiger partial charge in [-0.25, -0.2) is 0 Å². The third-order valence-electron chi connectivity index (χ3n) is 4.02. The van der Waals surface area contributed by atoms with Gasteiger partial charge in [0, 0.05) is 0 Å². The van der Waals surface area contributed by atoms with Crippen LogP contribution < -0.4 is 10.4 Å². The van der Waals surface area contributed by atoms with Crippen LogP contribution in [0.15, 0.2) is 49.1 Å². The van der Waals surface area contributed by atoms with Crippen molar-refractivity contribution in [2.75, 3.05) is 0 Å². The van der Waals surface area contributed by atoms with E-state index in [0.29, 0.717) is 0 Å². The summed E-state index contributed by atoms with van der Waals surface area (Å²) in [6.07, 6.45) is 3.92. The molecule has 3 aromatic carbocycles. The van der Waals surface area contributed by atoms with Crippen LogP contribution in [0, 0.1) is 13.8 Å². The first-order chi connectivity index (χ1) is 9.65. The molecule has 0 saturated heterocycles. The summed E-state index contributed by atoms with van der Waals surface area (Å²) in [5.74, 6) is 0. The van der Waals surface area contributed by atoms with Crippen LogP contribution in [0.3, 0.4) is 0 Å². The summed E-state index contributed by atoms with van der Waals surface area (Å²) in [5, 5.41) is 7.42. The minimum absolute atomic E-state index is 1.08. The maximum Gasteiger partial charge on any atom is -0.00670 e. The Hall–Kier alpha value is -2.34. The van der Waals surface area contributed by atoms with Crippen molar-refractivity contribution in [1.29, 1.82) is 0 Å². The lowest BCUT2D eigenvalue weighted by atomic mass is 9.92. The highest BCUT2D eigenvalue weighted by atomic mass is 14.1. The molecule has 0 saturated carbocycles. The van der Waals surface area contributed by atoms with Crippen LogP contribution in [0.2, 0.25) is 0 Å². The van der Waals surface area contributed by atoms with E-state index in [1.54, 1.807) is 0 Å². The summed E-state index contributed by atoms with van der Waals surface area (Å²) in [6.45, 7) is 12.5. The second kappa shape index (κ2) is 4.64. The minimum Gasteiger partial charge on any atom is -0.0990 e. The summed E-state index contributed by atoms with van der Waals surface area (Å²) < 4.78 is 0. The Morgan fingerprint density at radius 3 is 2.10 bits per heavy atom. The fourth-order valence-electron chi connectivity index (χ4n) is 3.07. The summed E-state index contributed by atoms with van der Waals surface area (Å²) >= 11 is 0. The molecule has 0 aliphatic heterocycles. The summed E-state index contributed by atoms with van der Waals surface area (Å²) in [4.78, 5) is 0. The molecule has 0 unspecified atom stereocenters. The lowest BCUT2D eigenvalue weighted by Crippen LogP contribution is -2.25. The third-order valence-corrected chi connectivity index (χ3v) is 4.02. The molecule has 0 fully saturated rings. The zero-order valence-corrected chi connectivity index (χ0v) is 12.0. The number of benzene rings is 3. The molecule has 0 aliphatic carbocycles. The molecule has 0 aromatic heterocycles. The Labute approximate surface area is 119 Å². The zero-order valence-electron chi connectivity index (χ0n) is 12.0. The van der Waals surface area contributed by atoms with Gasteiger partial charge in [0.2, 0.25) is 0 Å². The van der Waals surface area contributed by atoms with E-state index in [1.807, 2.05) is 6.08 Å². The minimum atomic E-state index is 1.08. The molecule has 0 radical (unpaired) electrons. The van der Waals surface area contributed by atoms with Crippen LogP contribution in [0.25, 0.3) is 34.2 Å². The van der Waals surface area contributed by atoms with E-state index in [2.05, 4.69) is 69.5 Å². The van der Waals surface area contributed by atoms with Crippen LogP contribution in [0.4, 0.5) is 0 Å². The molecule has 3 aromatic rings. The monoisotopic (exact) mass is 258 g/mol. The first-order valence-corrected chi connectivity index (χ1v) is 6.87. The van der Waals surface area contributed by atoms with Gasteiger partial charge in [-0.2, -0.15) is 0 Å². The normalized spacial score (nSPS) is 12.2. The lowest BCUT2D eigenvalue weighted by molar-refractivity contribution is 1.45. The van der Waals surface area contributed by atoms with Crippen molar-refractivity contribution in [2.45, 2.75) is 13.8 Å². The number of aryl methyl sites for hydroxylation is 2. The standard InChI is InChI=1S/C20H18/c1-5-8-17-15(4)16-9-6-7-10-18(16)20-14(3)12-11-13(2)19(17)20/h5-12H,1,4H2,2-3H3/b17-8+. The maximum atomic E-state index is 4.31. The summed E-state index contributed by atoms with van der Waals surface area (Å²) in [5.41, 5.74) is 2.59. The van der Waals surface area contributed by atoms with Crippen molar-refractivity contribution in [3.63, 3.8) is 0 Å². The zero-order chi connectivity index (χ0) is 14.3. The fourth-order valence-corrected chi connectivity index (χ4v) is 3.07. The van der Waals surface area contributed by atoms with E-state index < -0.39 is 0 Å². The highest BCUT2D eigenvalue weighted by Crippen LogP contribution is 2.25. The van der Waals surface area contributed by atoms with E-state index in [1.165, 1.54) is 37.9 Å². The highest BCUT2D eigenvalue weighted by molar-refractivity contribution is 6.10. The molecule has 0 atom stereocenters. The van der Waals surface area contributed by atoms with Crippen molar-refractivity contribution < 1.29 is 0 Å². The molecule has 0 nitrogen and oxygen atoms in total. The van der Waals surface area contributed by atoms with Crippen LogP contribution in [0.5, 0.6) is 0 Å². The molecule has 0 heteroatoms. The number of hydrogen-bond acceptors (Lipinski definition) is 0. The SMILES string of the molecule is C=C/C=c1\c(=C)c2ccccc2c2c(C)ccc(C)c12. The van der Waals surface area contributed by atoms with E-state index >= 15 is 0 Å². The Morgan fingerprint density at radius 2 is 1.45 bits per heavy atom. The Balaban J connectivity index is 2.84. The second-order valence-corrected chi connectivity index (χ2v) is 5.29. The van der Waals surface area contributed by atoms with Gasteiger partial charge in [-0.05, 0) is 57.0 Å². The third kappa shape index (κ3) is 1.69. The molecule has 0 amide bonds. The van der Waals surface area contributed by atoms with Crippen molar-refractivity contribution in [2.24, 2.45) is 0 Å². The second-order valence-electron chi connectivity index (χ2n) is 5.29. The maximum absolute atomic E-state index is 4.31. The van der Waals surface area contributed by atoms with E-state index in [-0.39, 0.29) is 0 Å². The Kier molecular flexibility index (Phi) is 2.94. The molecular formula is C20H18. The van der Waals surface area contributed by atoms with Gasteiger partial charge < -0.3 is 0 Å². The topological polar surface area (TPSA) is 0 Å². The van der Waals surface area contributed by atoms with Crippen LogP contribution in [-0.2, 0) is 0 Å². The van der Waals surface area contributed by atoms with E-state index in [4.69, 9.17) is 0 Å². The van der Waals surface area contributed by atoms with Gasteiger partial charge in [0.05, 0.1) is 0 Å². The first kappa shape index (κ1) is 12.7. The molecule has 0 aliphatic rings. The van der Waals surface area contributed by atoms with Crippen molar-refractivity contribution in [3.8, 4) is 0 Å². The van der Waals surface area contributed by atoms with Crippen molar-refractivity contribution in [3.05, 3.63) is 70.6 Å². The number of allylic oxidation sites excluding steroid dienone is 1. The number of fused-ring (bicyclic) bond motifs is 3. The van der Waals surface area contributed by atoms with Gasteiger partial charge in [-0.15, -0.1) is 0 Å². The number of rotatable bonds is 1. The molecule has 0 N–H and O–H groups in total. The van der Waals surface area contributed by atoms with Crippen LogP contribution in [0.1, 0.15) is 11.1 Å². The van der Waals surface area contributed by atoms with E-state index in [0.717, 1.165) is 5.22 Å². The van der Waals surface area contributed by atoms with Gasteiger partial charge in [0.1, 0.15) is 0 Å². The number of hydrogen-bond donors (Lipinski definition) is 0. The summed E-state index contributed by atoms with van der Waals surface area (Å²) in [7, 11) is 0. The van der Waals surface area contributed by atoms with Crippen LogP contribution in [-0.4, -0.2) is 0 Å². The first-order valence-electron chi connectivity index (χ1n) is 6.87. The quantitative estimate of drug-likeness (QED) is 0.579. The molecule has 3 rings (SSSR count). The molecule has 0 heterocycles. The van der Waals surface area contributed by atoms with E-state index in [9.17, 15) is 0 Å². The Bertz CT molecular complexity index is 943. The Morgan fingerprint density at radius 1 is 0.850 bits per heavy atom. The predicted molar refractivity (Wildman–Crippen MR) is 90.4 cm³/mol. The molecular weight excluding hydrogens is 240 g/mol. The summed E-state index contributed by atoms with van der Waals surface area (Å²) in [6, 6.07) is 12.9. The van der Waals surface area contributed by atoms with Gasteiger partial charge >= 0.3 is 0 Å². The fraction of sp³-hybridized carbons (Fsp3) is 0.100. The van der Waals surface area contributed by atoms with Gasteiger partial charge in [-0.3, -0.25) is 0 Å². The van der Waals surface area contributed by atoms with Gasteiger partial charge in [0.15, 0.2) is 0 Å². The van der Waals surface area contributed by atoms with Crippen LogP contribution >= 0.6 is 0 Å². The average molecular weight is 258 g/mol. The lowest BCUT2D eigenvalue weighted by Gasteiger charge is -2.11. The van der Waals surface area contributed by atoms with Gasteiger partial charge in [-0.1, -0.05) is 61.7 Å². The van der Waals surface area contributed by atoms with Gasteiger partial charge in [0.25, 0.3) is 0 Å². The van der Waals surface area contributed by atoms with Crippen molar-refractivity contribution in [1.82, 2.24) is 0 Å². The molecule has 98 valence electrons. The average Bonchev–Trinajstić information content (AvgIpc) is 2.46. The molecule has 0 spiro atoms. The van der Waals surface area contributed by atoms with Crippen molar-refractivity contribution >= 4 is 34.2 Å². The predicted octanol–water partition coefficient (Wildman–Crippen LogP) is 3.99. The molecule has 0 bridgehead atoms.